The minimum absolute atomic E-state index is 0.201. The van der Waals surface area contributed by atoms with Crippen molar-refractivity contribution in [3.05, 3.63) is 216 Å². The van der Waals surface area contributed by atoms with Crippen molar-refractivity contribution < 1.29 is 8.83 Å². The number of rotatable bonds is 3. The Kier molecular flexibility index (Phi) is 7.96. The van der Waals surface area contributed by atoms with E-state index < -0.39 is 0 Å². The molecular weight excluding hydrogens is 753 g/mol. The molecule has 3 aliphatic carbocycles. The Labute approximate surface area is 362 Å². The first kappa shape index (κ1) is 36.4. The quantitative estimate of drug-likeness (QED) is 0.178. The summed E-state index contributed by atoms with van der Waals surface area (Å²) in [5.41, 5.74) is 21.6. The fourth-order valence-electron chi connectivity index (χ4n) is 10.6. The molecule has 0 fully saturated rings. The third-order valence-electron chi connectivity index (χ3n) is 13.7. The first-order chi connectivity index (χ1) is 30.2. The summed E-state index contributed by atoms with van der Waals surface area (Å²) in [6, 6.07) is 49.3. The molecule has 296 valence electrons. The molecule has 2 aromatic heterocycles. The Hall–Kier alpha value is -7.42. The van der Waals surface area contributed by atoms with Crippen molar-refractivity contribution in [2.24, 2.45) is 0 Å². The van der Waals surface area contributed by atoms with Gasteiger partial charge < -0.3 is 8.83 Å². The number of hydrogen-bond acceptors (Lipinski definition) is 2. The third-order valence-corrected chi connectivity index (χ3v) is 13.7. The van der Waals surface area contributed by atoms with Gasteiger partial charge in [0.25, 0.3) is 0 Å². The fraction of sp³-hybridized carbons (Fsp3) is 0.100. The van der Waals surface area contributed by atoms with Crippen LogP contribution < -0.4 is 0 Å². The van der Waals surface area contributed by atoms with Gasteiger partial charge in [0.2, 0.25) is 0 Å². The first-order valence-corrected chi connectivity index (χ1v) is 21.7. The number of fused-ring (bicyclic) bond motifs is 13. The lowest BCUT2D eigenvalue weighted by molar-refractivity contribution is 0.601. The summed E-state index contributed by atoms with van der Waals surface area (Å²) in [7, 11) is 0. The molecule has 0 unspecified atom stereocenters. The molecule has 2 nitrogen and oxygen atoms in total. The fourth-order valence-corrected chi connectivity index (χ4v) is 10.6. The Morgan fingerprint density at radius 1 is 0.339 bits per heavy atom. The van der Waals surface area contributed by atoms with E-state index in [1.165, 1.54) is 77.9 Å². The molecule has 0 spiro atoms. The van der Waals surface area contributed by atoms with Gasteiger partial charge >= 0.3 is 0 Å². The number of allylic oxidation sites excluding steroid dienone is 8. The van der Waals surface area contributed by atoms with Gasteiger partial charge in [-0.25, -0.2) is 0 Å². The molecule has 62 heavy (non-hydrogen) atoms. The highest BCUT2D eigenvalue weighted by atomic mass is 16.3. The summed E-state index contributed by atoms with van der Waals surface area (Å²) in [6.45, 7) is 9.70. The highest BCUT2D eigenvalue weighted by molar-refractivity contribution is 6.08. The second-order valence-electron chi connectivity index (χ2n) is 18.0. The van der Waals surface area contributed by atoms with Crippen molar-refractivity contribution in [2.75, 3.05) is 0 Å². The maximum atomic E-state index is 6.38. The van der Waals surface area contributed by atoms with E-state index in [1.54, 1.807) is 0 Å². The molecule has 0 bridgehead atoms. The average Bonchev–Trinajstić information content (AvgIpc) is 3.97. The van der Waals surface area contributed by atoms with Crippen LogP contribution in [-0.2, 0) is 10.8 Å². The van der Waals surface area contributed by atoms with Crippen LogP contribution in [-0.4, -0.2) is 0 Å². The molecule has 0 radical (unpaired) electrons. The summed E-state index contributed by atoms with van der Waals surface area (Å²) < 4.78 is 12.7. The topological polar surface area (TPSA) is 26.3 Å². The van der Waals surface area contributed by atoms with Gasteiger partial charge in [0.1, 0.15) is 22.5 Å². The van der Waals surface area contributed by atoms with E-state index in [0.717, 1.165) is 44.2 Å². The van der Waals surface area contributed by atoms with Gasteiger partial charge in [0.15, 0.2) is 0 Å². The average molecular weight is 797 g/mol. The Balaban J connectivity index is 0.911. The molecule has 0 N–H and O–H groups in total. The predicted octanol–water partition coefficient (Wildman–Crippen LogP) is 16.7. The first-order valence-electron chi connectivity index (χ1n) is 21.7. The van der Waals surface area contributed by atoms with Crippen LogP contribution in [0.5, 0.6) is 0 Å². The van der Waals surface area contributed by atoms with Crippen LogP contribution in [0.15, 0.2) is 191 Å². The molecule has 2 heterocycles. The van der Waals surface area contributed by atoms with Gasteiger partial charge in [-0.15, -0.1) is 0 Å². The summed E-state index contributed by atoms with van der Waals surface area (Å²) in [5.74, 6) is 0.858. The molecule has 0 amide bonds. The standard InChI is InChI=1S/C60H44O2/c1-59(2)51-35-41(39-23-30-54-48(33-39)45-18-14-9-7-5-6-8-10-15-19-53(45)61-54)20-25-43(51)46-27-28-47-44-26-21-42(36-52(44)60(3,4)58(47)57(46)59)40-24-31-56-50(34-40)49-32-38(22-29-55(49)62-56)37-16-12-11-13-17-37/h5-36H,1-4H3/b6-5-,7-5?,8-6?,9-7+,10-8-,14-9?,15-10?,18-14+,19-15-,45-18?,53-19?. The zero-order chi connectivity index (χ0) is 41.7. The molecular formula is C60H44O2. The van der Waals surface area contributed by atoms with Crippen LogP contribution in [0, 0.1) is 0 Å². The van der Waals surface area contributed by atoms with E-state index in [2.05, 4.69) is 179 Å². The van der Waals surface area contributed by atoms with E-state index in [9.17, 15) is 0 Å². The lowest BCUT2D eigenvalue weighted by Gasteiger charge is -2.31. The monoisotopic (exact) mass is 796 g/mol. The third kappa shape index (κ3) is 5.49. The Bertz CT molecular complexity index is 3500. The normalized spacial score (nSPS) is 17.9. The lowest BCUT2D eigenvalue weighted by Crippen LogP contribution is -2.24. The van der Waals surface area contributed by atoms with Crippen molar-refractivity contribution in [1.82, 2.24) is 0 Å². The lowest BCUT2D eigenvalue weighted by atomic mass is 9.72. The Morgan fingerprint density at radius 2 is 0.758 bits per heavy atom. The summed E-state index contributed by atoms with van der Waals surface area (Å²) in [4.78, 5) is 0. The van der Waals surface area contributed by atoms with E-state index in [1.807, 2.05) is 42.5 Å². The maximum absolute atomic E-state index is 6.38. The van der Waals surface area contributed by atoms with Crippen molar-refractivity contribution in [1.29, 1.82) is 0 Å². The minimum Gasteiger partial charge on any atom is -0.456 e. The summed E-state index contributed by atoms with van der Waals surface area (Å²) in [6.07, 6.45) is 20.5. The van der Waals surface area contributed by atoms with Gasteiger partial charge in [0.05, 0.1) is 0 Å². The van der Waals surface area contributed by atoms with Gasteiger partial charge in [0, 0.05) is 32.6 Å². The molecule has 0 aliphatic heterocycles. The minimum atomic E-state index is -0.203. The highest BCUT2D eigenvalue weighted by Crippen LogP contribution is 2.59. The van der Waals surface area contributed by atoms with Crippen LogP contribution in [0.1, 0.15) is 61.3 Å². The van der Waals surface area contributed by atoms with E-state index in [0.29, 0.717) is 0 Å². The Morgan fingerprint density at radius 3 is 1.31 bits per heavy atom. The molecule has 12 rings (SSSR count). The number of benzene rings is 7. The smallest absolute Gasteiger partial charge is 0.135 e. The second kappa shape index (κ2) is 13.5. The summed E-state index contributed by atoms with van der Waals surface area (Å²) >= 11 is 0. The zero-order valence-electron chi connectivity index (χ0n) is 35.3. The predicted molar refractivity (Wildman–Crippen MR) is 260 cm³/mol. The largest absolute Gasteiger partial charge is 0.456 e. The van der Waals surface area contributed by atoms with E-state index in [-0.39, 0.29) is 10.8 Å². The van der Waals surface area contributed by atoms with Crippen molar-refractivity contribution in [2.45, 2.75) is 38.5 Å². The number of hydrogen-bond donors (Lipinski definition) is 0. The van der Waals surface area contributed by atoms with Crippen LogP contribution in [0.2, 0.25) is 0 Å². The molecule has 0 atom stereocenters. The molecule has 7 aromatic carbocycles. The van der Waals surface area contributed by atoms with E-state index in [4.69, 9.17) is 8.83 Å². The zero-order valence-corrected chi connectivity index (χ0v) is 35.3. The van der Waals surface area contributed by atoms with Gasteiger partial charge in [-0.1, -0.05) is 167 Å². The molecule has 2 heteroatoms. The number of furan rings is 2. The van der Waals surface area contributed by atoms with Crippen molar-refractivity contribution >= 4 is 45.1 Å². The SMILES string of the molecule is CC1(C)c2cc(-c3ccc4oc5c(c4c3)/C=C/C=C/C=C\C=C/C=C\5)ccc2-c2ccc3c(c21)C(C)(C)c1cc(-c2ccc4oc5ccc(-c6ccccc6)cc5c4c2)ccc1-3. The molecule has 0 saturated heterocycles. The van der Waals surface area contributed by atoms with E-state index >= 15 is 0 Å². The molecule has 3 aliphatic rings. The molecule has 0 saturated carbocycles. The highest BCUT2D eigenvalue weighted by Gasteiger charge is 2.46. The van der Waals surface area contributed by atoms with Crippen LogP contribution >= 0.6 is 0 Å². The van der Waals surface area contributed by atoms with Gasteiger partial charge in [-0.05, 0) is 132 Å². The second-order valence-corrected chi connectivity index (χ2v) is 18.0. The summed E-state index contributed by atoms with van der Waals surface area (Å²) in [5, 5.41) is 3.39. The van der Waals surface area contributed by atoms with Crippen molar-refractivity contribution in [3.63, 3.8) is 0 Å². The maximum Gasteiger partial charge on any atom is 0.135 e. The van der Waals surface area contributed by atoms with Gasteiger partial charge in [-0.2, -0.15) is 0 Å². The van der Waals surface area contributed by atoms with Crippen LogP contribution in [0.3, 0.4) is 0 Å². The molecule has 9 aromatic rings. The van der Waals surface area contributed by atoms with Crippen molar-refractivity contribution in [3.8, 4) is 55.6 Å². The van der Waals surface area contributed by atoms with Gasteiger partial charge in [-0.3, -0.25) is 0 Å². The van der Waals surface area contributed by atoms with Crippen LogP contribution in [0.25, 0.3) is 101 Å². The van der Waals surface area contributed by atoms with Crippen LogP contribution in [0.4, 0.5) is 0 Å².